The van der Waals surface area contributed by atoms with Crippen molar-refractivity contribution >= 4 is 22.8 Å². The average Bonchev–Trinajstić information content (AvgIpc) is 3.15. The Kier molecular flexibility index (Phi) is 6.91. The molecule has 1 aliphatic rings. The van der Waals surface area contributed by atoms with Crippen LogP contribution >= 0.6 is 0 Å². The smallest absolute Gasteiger partial charge is 0.410 e. The molecule has 0 unspecified atom stereocenters. The molecule has 2 amide bonds. The van der Waals surface area contributed by atoms with Gasteiger partial charge in [0.2, 0.25) is 5.91 Å². The average molecular weight is 443 g/mol. The number of hydrogen-bond donors (Lipinski definition) is 1. The summed E-state index contributed by atoms with van der Waals surface area (Å²) in [5.41, 5.74) is -0.769. The van der Waals surface area contributed by atoms with Crippen LogP contribution in [0.25, 0.3) is 10.8 Å². The maximum atomic E-state index is 13.1. The highest BCUT2D eigenvalue weighted by Gasteiger charge is 2.44. The molecule has 1 N–H and O–H groups in total. The zero-order chi connectivity index (χ0) is 23.6. The quantitative estimate of drug-likeness (QED) is 0.768. The maximum Gasteiger partial charge on any atom is 0.410 e. The van der Waals surface area contributed by atoms with Gasteiger partial charge in [-0.05, 0) is 46.1 Å². The Morgan fingerprint density at radius 3 is 2.56 bits per heavy atom. The van der Waals surface area contributed by atoms with Crippen LogP contribution < -0.4 is 10.9 Å². The minimum absolute atomic E-state index is 0.0980. The largest absolute Gasteiger partial charge is 0.444 e. The number of nitrogens with one attached hydrogen (secondary N) is 1. The van der Waals surface area contributed by atoms with Crippen molar-refractivity contribution in [1.82, 2.24) is 20.0 Å². The summed E-state index contributed by atoms with van der Waals surface area (Å²) >= 11 is 0. The molecule has 3 atom stereocenters. The molecular formula is C24H34N4O4. The van der Waals surface area contributed by atoms with E-state index >= 15 is 0 Å². The van der Waals surface area contributed by atoms with Crippen LogP contribution in [-0.4, -0.2) is 50.9 Å². The van der Waals surface area contributed by atoms with Gasteiger partial charge in [-0.25, -0.2) is 9.48 Å². The molecule has 1 saturated heterocycles. The van der Waals surface area contributed by atoms with Crippen molar-refractivity contribution in [1.29, 1.82) is 0 Å². The zero-order valence-electron chi connectivity index (χ0n) is 19.8. The number of ether oxygens (including phenoxy) is 1. The first-order valence-corrected chi connectivity index (χ1v) is 11.2. The molecule has 0 spiro atoms. The lowest BCUT2D eigenvalue weighted by molar-refractivity contribution is -0.126. The van der Waals surface area contributed by atoms with Gasteiger partial charge in [-0.2, -0.15) is 5.10 Å². The van der Waals surface area contributed by atoms with Gasteiger partial charge >= 0.3 is 6.09 Å². The molecule has 1 aliphatic heterocycles. The number of carbonyl (C=O) groups excluding carboxylic acids is 2. The molecule has 2 aromatic rings. The second-order valence-electron chi connectivity index (χ2n) is 9.93. The summed E-state index contributed by atoms with van der Waals surface area (Å²) in [6.07, 6.45) is 1.86. The van der Waals surface area contributed by atoms with E-state index in [1.807, 2.05) is 59.7 Å². The molecule has 1 aromatic heterocycles. The Morgan fingerprint density at radius 1 is 1.22 bits per heavy atom. The van der Waals surface area contributed by atoms with Crippen LogP contribution in [0.1, 0.15) is 48.0 Å². The molecule has 1 fully saturated rings. The Morgan fingerprint density at radius 2 is 1.91 bits per heavy atom. The molecule has 0 bridgehead atoms. The number of rotatable bonds is 5. The van der Waals surface area contributed by atoms with Crippen LogP contribution in [0.3, 0.4) is 0 Å². The molecule has 1 aromatic carbocycles. The van der Waals surface area contributed by atoms with Crippen molar-refractivity contribution in [2.75, 3.05) is 6.54 Å². The van der Waals surface area contributed by atoms with Crippen molar-refractivity contribution in [3.63, 3.8) is 0 Å². The summed E-state index contributed by atoms with van der Waals surface area (Å²) < 4.78 is 6.93. The Bertz CT molecular complexity index is 1040. The van der Waals surface area contributed by atoms with E-state index in [9.17, 15) is 14.4 Å². The summed E-state index contributed by atoms with van der Waals surface area (Å²) in [4.78, 5) is 40.2. The number of fused-ring (bicyclic) bond motifs is 1. The number of hydrogen-bond acceptors (Lipinski definition) is 5. The normalized spacial score (nSPS) is 19.9. The monoisotopic (exact) mass is 442 g/mol. The summed E-state index contributed by atoms with van der Waals surface area (Å²) in [5.74, 6) is -0.344. The lowest BCUT2D eigenvalue weighted by atomic mass is 9.90. The van der Waals surface area contributed by atoms with Crippen molar-refractivity contribution < 1.29 is 14.3 Å². The minimum atomic E-state index is -0.590. The minimum Gasteiger partial charge on any atom is -0.444 e. The summed E-state index contributed by atoms with van der Waals surface area (Å²) in [5, 5.41) is 8.66. The summed E-state index contributed by atoms with van der Waals surface area (Å²) in [6.45, 7) is 12.1. The SMILES string of the molecule is CC(C)[C@@H]1[C@H](C(=O)N[C@H](C)Cn2ncc3ccccc3c2=O)CCN1C(=O)OC(C)(C)C. The van der Waals surface area contributed by atoms with E-state index in [1.54, 1.807) is 17.2 Å². The van der Waals surface area contributed by atoms with E-state index in [1.165, 1.54) is 4.68 Å². The molecule has 3 rings (SSSR count). The highest BCUT2D eigenvalue weighted by Crippen LogP contribution is 2.31. The number of benzene rings is 1. The molecule has 0 radical (unpaired) electrons. The van der Waals surface area contributed by atoms with E-state index in [0.717, 1.165) is 5.39 Å². The Balaban J connectivity index is 1.69. The predicted molar refractivity (Wildman–Crippen MR) is 123 cm³/mol. The number of aromatic nitrogens is 2. The van der Waals surface area contributed by atoms with Gasteiger partial charge in [-0.3, -0.25) is 9.59 Å². The van der Waals surface area contributed by atoms with Gasteiger partial charge in [0, 0.05) is 24.0 Å². The van der Waals surface area contributed by atoms with Crippen molar-refractivity contribution in [2.45, 2.75) is 72.2 Å². The van der Waals surface area contributed by atoms with Crippen LogP contribution in [0.2, 0.25) is 0 Å². The van der Waals surface area contributed by atoms with Crippen molar-refractivity contribution in [3.05, 3.63) is 40.8 Å². The highest BCUT2D eigenvalue weighted by molar-refractivity contribution is 5.82. The lowest BCUT2D eigenvalue weighted by Gasteiger charge is -2.33. The third-order valence-electron chi connectivity index (χ3n) is 5.70. The topological polar surface area (TPSA) is 93.5 Å². The van der Waals surface area contributed by atoms with Gasteiger partial charge in [0.1, 0.15) is 5.60 Å². The first kappa shape index (κ1) is 23.8. The molecule has 32 heavy (non-hydrogen) atoms. The van der Waals surface area contributed by atoms with E-state index in [2.05, 4.69) is 10.4 Å². The van der Waals surface area contributed by atoms with E-state index < -0.39 is 5.60 Å². The second kappa shape index (κ2) is 9.30. The molecule has 2 heterocycles. The van der Waals surface area contributed by atoms with Crippen LogP contribution in [0, 0.1) is 11.8 Å². The van der Waals surface area contributed by atoms with E-state index in [-0.39, 0.29) is 48.0 Å². The van der Waals surface area contributed by atoms with Gasteiger partial charge < -0.3 is 15.0 Å². The van der Waals surface area contributed by atoms with E-state index in [0.29, 0.717) is 18.4 Å². The van der Waals surface area contributed by atoms with Crippen LogP contribution in [-0.2, 0) is 16.1 Å². The standard InChI is InChI=1S/C24H34N4O4/c1-15(2)20-19(11-12-27(20)23(31)32-24(4,5)6)21(29)26-16(3)14-28-22(30)18-10-8-7-9-17(18)13-25-28/h7-10,13,15-16,19-20H,11-12,14H2,1-6H3,(H,26,29)/t16-,19-,20-/m1/s1. The zero-order valence-corrected chi connectivity index (χ0v) is 19.8. The molecule has 0 saturated carbocycles. The van der Waals surface area contributed by atoms with Gasteiger partial charge in [-0.15, -0.1) is 0 Å². The van der Waals surface area contributed by atoms with Gasteiger partial charge in [0.15, 0.2) is 0 Å². The predicted octanol–water partition coefficient (Wildman–Crippen LogP) is 3.18. The molecular weight excluding hydrogens is 408 g/mol. The number of likely N-dealkylation sites (tertiary alicyclic amines) is 1. The number of carbonyl (C=O) groups is 2. The lowest BCUT2D eigenvalue weighted by Crippen LogP contribution is -2.49. The summed E-state index contributed by atoms with van der Waals surface area (Å²) in [6, 6.07) is 6.78. The van der Waals surface area contributed by atoms with E-state index in [4.69, 9.17) is 4.74 Å². The third kappa shape index (κ3) is 5.29. The fourth-order valence-corrected chi connectivity index (χ4v) is 4.37. The summed E-state index contributed by atoms with van der Waals surface area (Å²) in [7, 11) is 0. The maximum absolute atomic E-state index is 13.1. The first-order chi connectivity index (χ1) is 15.0. The fraction of sp³-hybridized carbons (Fsp3) is 0.583. The second-order valence-corrected chi connectivity index (χ2v) is 9.93. The first-order valence-electron chi connectivity index (χ1n) is 11.2. The molecule has 8 heteroatoms. The fourth-order valence-electron chi connectivity index (χ4n) is 4.37. The Hall–Kier alpha value is -2.90. The van der Waals surface area contributed by atoms with Crippen LogP contribution in [0.4, 0.5) is 4.79 Å². The molecule has 0 aliphatic carbocycles. The molecule has 174 valence electrons. The van der Waals surface area contributed by atoms with Crippen LogP contribution in [0.15, 0.2) is 35.3 Å². The highest BCUT2D eigenvalue weighted by atomic mass is 16.6. The third-order valence-corrected chi connectivity index (χ3v) is 5.70. The van der Waals surface area contributed by atoms with Crippen LogP contribution in [0.5, 0.6) is 0 Å². The molecule has 8 nitrogen and oxygen atoms in total. The van der Waals surface area contributed by atoms with Gasteiger partial charge in [0.05, 0.1) is 24.0 Å². The number of nitrogens with zero attached hydrogens (tertiary/aromatic N) is 3. The van der Waals surface area contributed by atoms with Crippen molar-refractivity contribution in [3.8, 4) is 0 Å². The van der Waals surface area contributed by atoms with Crippen molar-refractivity contribution in [2.24, 2.45) is 11.8 Å². The number of amides is 2. The van der Waals surface area contributed by atoms with Gasteiger partial charge in [-0.1, -0.05) is 32.0 Å². The Labute approximate surface area is 188 Å². The van der Waals surface area contributed by atoms with Gasteiger partial charge in [0.25, 0.3) is 5.56 Å².